The van der Waals surface area contributed by atoms with Gasteiger partial charge in [0.2, 0.25) is 5.78 Å². The standard InChI is InChI=1S/C25H36O4/c1-3-5-6-7-8-9-10-11-12-13-14-15-16-17-18-19-20-22-23(26)24(25(27)29-22)28-21-4-2/h4,8-9,11-12,14-15,17-18,21-22,24H,3,5-7,10,13,16,19-20H2,1-2H3/t22-,24?/m0/s1. The molecule has 0 aromatic heterocycles. The van der Waals surface area contributed by atoms with E-state index in [2.05, 4.69) is 49.5 Å². The second-order valence-corrected chi connectivity index (χ2v) is 6.98. The number of carbonyl (C=O) groups excluding carboxylic acids is 2. The fourth-order valence-electron chi connectivity index (χ4n) is 2.83. The van der Waals surface area contributed by atoms with E-state index in [-0.39, 0.29) is 5.78 Å². The van der Waals surface area contributed by atoms with Gasteiger partial charge in [0.05, 0.1) is 6.26 Å². The van der Waals surface area contributed by atoms with Gasteiger partial charge in [0.25, 0.3) is 6.10 Å². The lowest BCUT2D eigenvalue weighted by Crippen LogP contribution is -2.26. The Morgan fingerprint density at radius 1 is 0.862 bits per heavy atom. The smallest absolute Gasteiger partial charge is 0.356 e. The lowest BCUT2D eigenvalue weighted by atomic mass is 10.1. The van der Waals surface area contributed by atoms with Crippen molar-refractivity contribution in [1.82, 2.24) is 0 Å². The van der Waals surface area contributed by atoms with E-state index in [0.29, 0.717) is 12.8 Å². The Labute approximate surface area is 176 Å². The molecule has 0 aromatic rings. The van der Waals surface area contributed by atoms with E-state index in [1.165, 1.54) is 31.9 Å². The normalized spacial score (nSPS) is 20.3. The monoisotopic (exact) mass is 400 g/mol. The molecule has 29 heavy (non-hydrogen) atoms. The molecule has 4 heteroatoms. The molecule has 0 aromatic carbocycles. The van der Waals surface area contributed by atoms with Crippen molar-refractivity contribution in [3.63, 3.8) is 0 Å². The Morgan fingerprint density at radius 3 is 2.03 bits per heavy atom. The van der Waals surface area contributed by atoms with Crippen molar-refractivity contribution < 1.29 is 19.1 Å². The summed E-state index contributed by atoms with van der Waals surface area (Å²) >= 11 is 0. The molecular weight excluding hydrogens is 364 g/mol. The number of Topliss-reactive ketones (excluding diaryl/α,β-unsaturated/α-hetero) is 1. The van der Waals surface area contributed by atoms with Crippen LogP contribution in [0.4, 0.5) is 0 Å². The van der Waals surface area contributed by atoms with Crippen molar-refractivity contribution in [3.05, 3.63) is 60.9 Å². The van der Waals surface area contributed by atoms with Gasteiger partial charge in [0.1, 0.15) is 0 Å². The van der Waals surface area contributed by atoms with Crippen LogP contribution in [0.1, 0.15) is 71.6 Å². The quantitative estimate of drug-likeness (QED) is 0.109. The van der Waals surface area contributed by atoms with E-state index in [0.717, 1.165) is 19.3 Å². The van der Waals surface area contributed by atoms with E-state index >= 15 is 0 Å². The number of ether oxygens (including phenoxy) is 2. The van der Waals surface area contributed by atoms with Crippen molar-refractivity contribution >= 4 is 11.8 Å². The van der Waals surface area contributed by atoms with Gasteiger partial charge in [0.15, 0.2) is 6.10 Å². The zero-order valence-corrected chi connectivity index (χ0v) is 17.9. The molecule has 4 nitrogen and oxygen atoms in total. The van der Waals surface area contributed by atoms with Crippen molar-refractivity contribution in [3.8, 4) is 0 Å². The molecule has 0 saturated carbocycles. The fraction of sp³-hybridized carbons (Fsp3) is 0.520. The zero-order valence-electron chi connectivity index (χ0n) is 17.9. The number of cyclic esters (lactones) is 1. The first kappa shape index (κ1) is 24.7. The molecule has 0 amide bonds. The largest absolute Gasteiger partial charge is 0.479 e. The Morgan fingerprint density at radius 2 is 1.45 bits per heavy atom. The number of rotatable bonds is 15. The molecule has 0 spiro atoms. The van der Waals surface area contributed by atoms with Gasteiger partial charge in [-0.05, 0) is 51.9 Å². The number of allylic oxidation sites excluding steroid dienone is 9. The zero-order chi connectivity index (χ0) is 21.2. The molecule has 1 heterocycles. The number of ketones is 1. The molecule has 1 aliphatic rings. The Balaban J connectivity index is 2.08. The summed E-state index contributed by atoms with van der Waals surface area (Å²) in [6, 6.07) is 0. The first-order chi connectivity index (χ1) is 14.2. The highest BCUT2D eigenvalue weighted by Crippen LogP contribution is 2.19. The van der Waals surface area contributed by atoms with Crippen LogP contribution in [-0.4, -0.2) is 24.0 Å². The van der Waals surface area contributed by atoms with Crippen LogP contribution in [0.25, 0.3) is 0 Å². The van der Waals surface area contributed by atoms with Crippen LogP contribution in [0.2, 0.25) is 0 Å². The lowest BCUT2D eigenvalue weighted by Gasteiger charge is -2.04. The molecule has 1 rings (SSSR count). The lowest BCUT2D eigenvalue weighted by molar-refractivity contribution is -0.147. The Kier molecular flexibility index (Phi) is 14.1. The minimum atomic E-state index is -1.10. The van der Waals surface area contributed by atoms with Gasteiger partial charge in [-0.1, -0.05) is 74.4 Å². The fourth-order valence-corrected chi connectivity index (χ4v) is 2.83. The summed E-state index contributed by atoms with van der Waals surface area (Å²) in [7, 11) is 0. The van der Waals surface area contributed by atoms with Crippen LogP contribution in [0.15, 0.2) is 60.9 Å². The molecule has 2 atom stereocenters. The van der Waals surface area contributed by atoms with Crippen LogP contribution in [0.5, 0.6) is 0 Å². The summed E-state index contributed by atoms with van der Waals surface area (Å²) in [6.07, 6.45) is 27.5. The number of hydrogen-bond acceptors (Lipinski definition) is 4. The SMILES string of the molecule is CC=COC1C(=O)O[C@@H](CCC=CCC=CCC=CCC=CCCCCC)C1=O. The van der Waals surface area contributed by atoms with E-state index in [4.69, 9.17) is 9.47 Å². The maximum Gasteiger partial charge on any atom is 0.356 e. The molecule has 1 unspecified atom stereocenters. The first-order valence-electron chi connectivity index (χ1n) is 10.8. The Bertz CT molecular complexity index is 610. The second-order valence-electron chi connectivity index (χ2n) is 6.98. The van der Waals surface area contributed by atoms with E-state index in [1.807, 2.05) is 6.08 Å². The van der Waals surface area contributed by atoms with Crippen molar-refractivity contribution in [2.75, 3.05) is 0 Å². The highest BCUT2D eigenvalue weighted by molar-refractivity contribution is 6.09. The molecule has 0 radical (unpaired) electrons. The number of hydrogen-bond donors (Lipinski definition) is 0. The van der Waals surface area contributed by atoms with Gasteiger partial charge in [-0.25, -0.2) is 4.79 Å². The van der Waals surface area contributed by atoms with E-state index < -0.39 is 18.2 Å². The predicted molar refractivity (Wildman–Crippen MR) is 118 cm³/mol. The van der Waals surface area contributed by atoms with E-state index in [9.17, 15) is 9.59 Å². The third-order valence-corrected chi connectivity index (χ3v) is 4.45. The molecule has 1 fully saturated rings. The summed E-state index contributed by atoms with van der Waals surface area (Å²) in [5.74, 6) is -0.881. The minimum absolute atomic E-state index is 0.288. The number of esters is 1. The highest BCUT2D eigenvalue weighted by Gasteiger charge is 2.44. The summed E-state index contributed by atoms with van der Waals surface area (Å²) in [6.45, 7) is 3.98. The van der Waals surface area contributed by atoms with Crippen LogP contribution >= 0.6 is 0 Å². The average Bonchev–Trinajstić information content (AvgIpc) is 2.99. The third kappa shape index (κ3) is 11.3. The average molecular weight is 401 g/mol. The van der Waals surface area contributed by atoms with E-state index in [1.54, 1.807) is 13.0 Å². The van der Waals surface area contributed by atoms with Crippen LogP contribution in [0, 0.1) is 0 Å². The van der Waals surface area contributed by atoms with Gasteiger partial charge in [0, 0.05) is 0 Å². The summed E-state index contributed by atoms with van der Waals surface area (Å²) in [4.78, 5) is 23.7. The topological polar surface area (TPSA) is 52.6 Å². The summed E-state index contributed by atoms with van der Waals surface area (Å²) in [5, 5.41) is 0. The van der Waals surface area contributed by atoms with Crippen molar-refractivity contribution in [1.29, 1.82) is 0 Å². The molecule has 160 valence electrons. The van der Waals surface area contributed by atoms with Gasteiger partial charge in [-0.2, -0.15) is 0 Å². The van der Waals surface area contributed by atoms with Crippen LogP contribution in [0.3, 0.4) is 0 Å². The summed E-state index contributed by atoms with van der Waals surface area (Å²) in [5.41, 5.74) is 0. The number of unbranched alkanes of at least 4 members (excludes halogenated alkanes) is 3. The molecule has 1 saturated heterocycles. The summed E-state index contributed by atoms with van der Waals surface area (Å²) < 4.78 is 10.2. The van der Waals surface area contributed by atoms with Crippen molar-refractivity contribution in [2.24, 2.45) is 0 Å². The minimum Gasteiger partial charge on any atom is -0.479 e. The van der Waals surface area contributed by atoms with Gasteiger partial charge in [-0.3, -0.25) is 4.79 Å². The van der Waals surface area contributed by atoms with Gasteiger partial charge >= 0.3 is 5.97 Å². The highest BCUT2D eigenvalue weighted by atomic mass is 16.6. The van der Waals surface area contributed by atoms with Crippen LogP contribution in [-0.2, 0) is 19.1 Å². The maximum absolute atomic E-state index is 12.1. The second kappa shape index (κ2) is 16.6. The predicted octanol–water partition coefficient (Wildman–Crippen LogP) is 6.16. The van der Waals surface area contributed by atoms with Gasteiger partial charge in [-0.15, -0.1) is 0 Å². The number of carbonyl (C=O) groups is 2. The molecular formula is C25H36O4. The molecule has 1 aliphatic heterocycles. The molecule has 0 N–H and O–H groups in total. The first-order valence-corrected chi connectivity index (χ1v) is 10.8. The van der Waals surface area contributed by atoms with Gasteiger partial charge < -0.3 is 9.47 Å². The molecule has 0 bridgehead atoms. The third-order valence-electron chi connectivity index (χ3n) is 4.45. The maximum atomic E-state index is 12.1. The van der Waals surface area contributed by atoms with Crippen molar-refractivity contribution in [2.45, 2.75) is 83.8 Å². The Hall–Kier alpha value is -2.36. The van der Waals surface area contributed by atoms with Crippen LogP contribution < -0.4 is 0 Å². The molecule has 0 aliphatic carbocycles.